The minimum Gasteiger partial charge on any atom is -0.322 e. The van der Waals surface area contributed by atoms with Crippen LogP contribution in [0.2, 0.25) is 0 Å². The molecule has 5 heteroatoms. The molecule has 0 radical (unpaired) electrons. The Bertz CT molecular complexity index is 646. The number of carbonyl (C=O) groups excluding carboxylic acids is 1. The van der Waals surface area contributed by atoms with Gasteiger partial charge in [-0.15, -0.1) is 11.6 Å². The van der Waals surface area contributed by atoms with Crippen molar-refractivity contribution in [1.29, 1.82) is 0 Å². The first-order valence-corrected chi connectivity index (χ1v) is 7.21. The monoisotopic (exact) mass is 355 g/mol. The van der Waals surface area contributed by atoms with Crippen LogP contribution < -0.4 is 5.32 Å². The molecule has 20 heavy (non-hydrogen) atoms. The third-order valence-corrected chi connectivity index (χ3v) is 3.54. The molecule has 0 saturated heterocycles. The van der Waals surface area contributed by atoms with Gasteiger partial charge in [0.1, 0.15) is 5.82 Å². The Kier molecular flexibility index (Phi) is 4.78. The van der Waals surface area contributed by atoms with Gasteiger partial charge < -0.3 is 5.32 Å². The lowest BCUT2D eigenvalue weighted by atomic mass is 10.1. The lowest BCUT2D eigenvalue weighted by molar-refractivity contribution is 0.102. The molecule has 2 aromatic carbocycles. The Morgan fingerprint density at radius 2 is 2.00 bits per heavy atom. The van der Waals surface area contributed by atoms with Gasteiger partial charge >= 0.3 is 0 Å². The van der Waals surface area contributed by atoms with Gasteiger partial charge in [-0.3, -0.25) is 4.79 Å². The molecule has 0 aliphatic heterocycles. The number of hydrogen-bond donors (Lipinski definition) is 1. The van der Waals surface area contributed by atoms with Crippen molar-refractivity contribution in [3.05, 3.63) is 63.9 Å². The lowest BCUT2D eigenvalue weighted by Gasteiger charge is -2.12. The molecule has 0 heterocycles. The van der Waals surface area contributed by atoms with Gasteiger partial charge in [0.25, 0.3) is 5.91 Å². The average Bonchev–Trinajstić information content (AvgIpc) is 2.38. The van der Waals surface area contributed by atoms with Crippen LogP contribution in [-0.4, -0.2) is 5.91 Å². The van der Waals surface area contributed by atoms with Gasteiger partial charge in [-0.2, -0.15) is 0 Å². The fourth-order valence-electron chi connectivity index (χ4n) is 1.82. The number of alkyl halides is 1. The highest BCUT2D eigenvalue weighted by molar-refractivity contribution is 9.10. The predicted octanol–water partition coefficient (Wildman–Crippen LogP) is 5.14. The largest absolute Gasteiger partial charge is 0.322 e. The number of rotatable bonds is 3. The summed E-state index contributed by atoms with van der Waals surface area (Å²) in [7, 11) is 0. The van der Waals surface area contributed by atoms with Crippen LogP contribution in [0.3, 0.4) is 0 Å². The van der Waals surface area contributed by atoms with Crippen molar-refractivity contribution in [1.82, 2.24) is 0 Å². The topological polar surface area (TPSA) is 29.1 Å². The first-order valence-electron chi connectivity index (χ1n) is 5.98. The highest BCUT2D eigenvalue weighted by atomic mass is 79.9. The van der Waals surface area contributed by atoms with E-state index in [1.807, 2.05) is 19.1 Å². The van der Waals surface area contributed by atoms with Gasteiger partial charge in [-0.25, -0.2) is 4.39 Å². The molecule has 0 aromatic heterocycles. The summed E-state index contributed by atoms with van der Waals surface area (Å²) in [6.07, 6.45) is 0. The number of para-hydroxylation sites is 1. The van der Waals surface area contributed by atoms with E-state index in [0.29, 0.717) is 10.2 Å². The minimum atomic E-state index is -0.576. The smallest absolute Gasteiger partial charge is 0.258 e. The second kappa shape index (κ2) is 6.37. The SMILES string of the molecule is CC(Cl)c1ccccc1NC(=O)c1ccc(Br)cc1F. The molecule has 104 valence electrons. The van der Waals surface area contributed by atoms with Crippen molar-refractivity contribution in [3.8, 4) is 0 Å². The van der Waals surface area contributed by atoms with Crippen LogP contribution in [0.1, 0.15) is 28.2 Å². The molecule has 2 nitrogen and oxygen atoms in total. The summed E-state index contributed by atoms with van der Waals surface area (Å²) in [6.45, 7) is 1.81. The van der Waals surface area contributed by atoms with Crippen molar-refractivity contribution in [2.75, 3.05) is 5.32 Å². The Labute approximate surface area is 130 Å². The highest BCUT2D eigenvalue weighted by Gasteiger charge is 2.15. The van der Waals surface area contributed by atoms with E-state index in [2.05, 4.69) is 21.2 Å². The quantitative estimate of drug-likeness (QED) is 0.758. The van der Waals surface area contributed by atoms with Gasteiger partial charge in [-0.1, -0.05) is 34.1 Å². The zero-order valence-electron chi connectivity index (χ0n) is 10.7. The van der Waals surface area contributed by atoms with Gasteiger partial charge in [-0.05, 0) is 36.8 Å². The maximum Gasteiger partial charge on any atom is 0.258 e. The minimum absolute atomic E-state index is 0.00905. The van der Waals surface area contributed by atoms with Crippen LogP contribution in [0.5, 0.6) is 0 Å². The second-order valence-electron chi connectivity index (χ2n) is 4.28. The van der Waals surface area contributed by atoms with Crippen molar-refractivity contribution in [2.45, 2.75) is 12.3 Å². The van der Waals surface area contributed by atoms with Gasteiger partial charge in [0, 0.05) is 10.2 Å². The van der Waals surface area contributed by atoms with Gasteiger partial charge in [0.2, 0.25) is 0 Å². The standard InChI is InChI=1S/C15H12BrClFNO/c1-9(17)11-4-2-3-5-14(11)19-15(20)12-7-6-10(16)8-13(12)18/h2-9H,1H3,(H,19,20). The van der Waals surface area contributed by atoms with Crippen LogP contribution in [-0.2, 0) is 0 Å². The number of anilines is 1. The number of benzene rings is 2. The average molecular weight is 357 g/mol. The van der Waals surface area contributed by atoms with E-state index < -0.39 is 11.7 Å². The van der Waals surface area contributed by atoms with Gasteiger partial charge in [0.05, 0.1) is 10.9 Å². The van der Waals surface area contributed by atoms with Crippen LogP contribution in [0.4, 0.5) is 10.1 Å². The van der Waals surface area contributed by atoms with E-state index in [4.69, 9.17) is 11.6 Å². The number of nitrogens with one attached hydrogen (secondary N) is 1. The molecule has 0 spiro atoms. The molecule has 0 bridgehead atoms. The Morgan fingerprint density at radius 3 is 2.65 bits per heavy atom. The molecule has 0 fully saturated rings. The summed E-state index contributed by atoms with van der Waals surface area (Å²) >= 11 is 9.21. The van der Waals surface area contributed by atoms with Crippen molar-refractivity contribution in [3.63, 3.8) is 0 Å². The molecule has 1 amide bonds. The first-order chi connectivity index (χ1) is 9.49. The van der Waals surface area contributed by atoms with Gasteiger partial charge in [0.15, 0.2) is 0 Å². The third kappa shape index (κ3) is 3.38. The van der Waals surface area contributed by atoms with Crippen LogP contribution in [0.15, 0.2) is 46.9 Å². The molecule has 2 rings (SSSR count). The Morgan fingerprint density at radius 1 is 1.30 bits per heavy atom. The summed E-state index contributed by atoms with van der Waals surface area (Å²) in [6, 6.07) is 11.5. The maximum atomic E-state index is 13.7. The second-order valence-corrected chi connectivity index (χ2v) is 5.85. The van der Waals surface area contributed by atoms with E-state index in [1.54, 1.807) is 18.2 Å². The Hall–Kier alpha value is -1.39. The third-order valence-electron chi connectivity index (χ3n) is 2.81. The molecular weight excluding hydrogens is 345 g/mol. The van der Waals surface area contributed by atoms with E-state index in [1.165, 1.54) is 12.1 Å². The molecule has 0 saturated carbocycles. The summed E-state index contributed by atoms with van der Waals surface area (Å²) in [5.74, 6) is -1.08. The number of halogens is 3. The van der Waals surface area contributed by atoms with Crippen molar-refractivity contribution < 1.29 is 9.18 Å². The number of amides is 1. The number of carbonyl (C=O) groups is 1. The molecule has 0 aliphatic rings. The van der Waals surface area contributed by atoms with Crippen molar-refractivity contribution >= 4 is 39.1 Å². The number of hydrogen-bond acceptors (Lipinski definition) is 1. The summed E-state index contributed by atoms with van der Waals surface area (Å²) < 4.78 is 14.3. The van der Waals surface area contributed by atoms with Crippen molar-refractivity contribution in [2.24, 2.45) is 0 Å². The molecular formula is C15H12BrClFNO. The molecule has 1 atom stereocenters. The van der Waals surface area contributed by atoms with E-state index >= 15 is 0 Å². The highest BCUT2D eigenvalue weighted by Crippen LogP contribution is 2.27. The summed E-state index contributed by atoms with van der Waals surface area (Å²) in [4.78, 5) is 12.1. The first kappa shape index (κ1) is 15.0. The summed E-state index contributed by atoms with van der Waals surface area (Å²) in [5.41, 5.74) is 1.37. The van der Waals surface area contributed by atoms with E-state index in [0.717, 1.165) is 5.56 Å². The van der Waals surface area contributed by atoms with E-state index in [-0.39, 0.29) is 10.9 Å². The fourth-order valence-corrected chi connectivity index (χ4v) is 2.34. The van der Waals surface area contributed by atoms with Crippen LogP contribution in [0.25, 0.3) is 0 Å². The molecule has 2 aromatic rings. The normalized spacial score (nSPS) is 12.0. The summed E-state index contributed by atoms with van der Waals surface area (Å²) in [5, 5.41) is 2.44. The fraction of sp³-hybridized carbons (Fsp3) is 0.133. The van der Waals surface area contributed by atoms with Crippen LogP contribution in [0, 0.1) is 5.82 Å². The maximum absolute atomic E-state index is 13.7. The van der Waals surface area contributed by atoms with E-state index in [9.17, 15) is 9.18 Å². The zero-order valence-corrected chi connectivity index (χ0v) is 13.0. The molecule has 1 unspecified atom stereocenters. The zero-order chi connectivity index (χ0) is 14.7. The lowest BCUT2D eigenvalue weighted by Crippen LogP contribution is -2.15. The van der Waals surface area contributed by atoms with Crippen LogP contribution >= 0.6 is 27.5 Å². The molecule has 0 aliphatic carbocycles. The Balaban J connectivity index is 2.28. The predicted molar refractivity (Wildman–Crippen MR) is 82.8 cm³/mol. The molecule has 1 N–H and O–H groups in total.